The summed E-state index contributed by atoms with van der Waals surface area (Å²) in [7, 11) is 0. The Labute approximate surface area is 153 Å². The van der Waals surface area contributed by atoms with Gasteiger partial charge < -0.3 is 15.5 Å². The highest BCUT2D eigenvalue weighted by Gasteiger charge is 2.27. The molecule has 2 N–H and O–H groups in total. The van der Waals surface area contributed by atoms with Crippen LogP contribution in [0.4, 0.5) is 19.3 Å². The Bertz CT molecular complexity index is 957. The number of hydrogen-bond acceptors (Lipinski definition) is 4. The average Bonchev–Trinajstić information content (AvgIpc) is 2.61. The van der Waals surface area contributed by atoms with E-state index in [1.54, 1.807) is 6.92 Å². The lowest BCUT2D eigenvalue weighted by atomic mass is 10.1. The van der Waals surface area contributed by atoms with Crippen LogP contribution < -0.4 is 10.6 Å². The Hall–Kier alpha value is -3.54. The van der Waals surface area contributed by atoms with Crippen molar-refractivity contribution in [1.29, 1.82) is 5.26 Å². The fourth-order valence-electron chi connectivity index (χ4n) is 2.84. The SMILES string of the molecule is C[C@H](NC(=O)CN1Cc2c(C#N)cncc2NC1=O)c1ccc(F)cc1F. The third-order valence-corrected chi connectivity index (χ3v) is 4.20. The largest absolute Gasteiger partial charge is 0.348 e. The molecule has 0 unspecified atom stereocenters. The number of rotatable bonds is 4. The summed E-state index contributed by atoms with van der Waals surface area (Å²) in [6.07, 6.45) is 2.82. The van der Waals surface area contributed by atoms with E-state index in [-0.39, 0.29) is 18.7 Å². The number of nitrogens with one attached hydrogen (secondary N) is 2. The number of carbonyl (C=O) groups is 2. The van der Waals surface area contributed by atoms with Crippen molar-refractivity contribution in [2.45, 2.75) is 19.5 Å². The number of nitriles is 1. The molecule has 0 radical (unpaired) electrons. The highest BCUT2D eigenvalue weighted by molar-refractivity contribution is 5.95. The topological polar surface area (TPSA) is 98.1 Å². The minimum absolute atomic E-state index is 0.0687. The van der Waals surface area contributed by atoms with Crippen LogP contribution in [0.2, 0.25) is 0 Å². The Morgan fingerprint density at radius 1 is 1.44 bits per heavy atom. The number of carbonyl (C=O) groups excluding carboxylic acids is 2. The van der Waals surface area contributed by atoms with Gasteiger partial charge in [0.15, 0.2) is 0 Å². The van der Waals surface area contributed by atoms with Crippen LogP contribution >= 0.6 is 0 Å². The standard InChI is InChI=1S/C18H15F2N5O2/c1-10(13-3-2-12(19)4-15(13)20)23-17(26)9-25-8-14-11(5-21)6-22-7-16(14)24-18(25)27/h2-4,6-7,10H,8-9H2,1H3,(H,23,26)(H,24,27)/t10-/m0/s1. The van der Waals surface area contributed by atoms with E-state index in [4.69, 9.17) is 5.26 Å². The van der Waals surface area contributed by atoms with Crippen LogP contribution in [0.15, 0.2) is 30.6 Å². The Morgan fingerprint density at radius 3 is 2.93 bits per heavy atom. The Morgan fingerprint density at radius 2 is 2.22 bits per heavy atom. The molecule has 1 aliphatic heterocycles. The summed E-state index contributed by atoms with van der Waals surface area (Å²) < 4.78 is 26.8. The summed E-state index contributed by atoms with van der Waals surface area (Å²) in [5.74, 6) is -1.99. The molecule has 0 fully saturated rings. The summed E-state index contributed by atoms with van der Waals surface area (Å²) in [6.45, 7) is 1.34. The van der Waals surface area contributed by atoms with Crippen molar-refractivity contribution >= 4 is 17.6 Å². The van der Waals surface area contributed by atoms with E-state index in [0.29, 0.717) is 16.8 Å². The average molecular weight is 371 g/mol. The molecule has 138 valence electrons. The van der Waals surface area contributed by atoms with E-state index >= 15 is 0 Å². The van der Waals surface area contributed by atoms with Gasteiger partial charge in [-0.1, -0.05) is 6.07 Å². The first kappa shape index (κ1) is 18.3. The van der Waals surface area contributed by atoms with Crippen LogP contribution in [0.3, 0.4) is 0 Å². The van der Waals surface area contributed by atoms with Crippen LogP contribution in [-0.4, -0.2) is 28.4 Å². The number of pyridine rings is 1. The summed E-state index contributed by atoms with van der Waals surface area (Å²) in [6, 6.07) is 3.88. The van der Waals surface area contributed by atoms with Crippen LogP contribution in [0, 0.1) is 23.0 Å². The second-order valence-corrected chi connectivity index (χ2v) is 6.07. The molecule has 0 aliphatic carbocycles. The molecule has 9 heteroatoms. The lowest BCUT2D eigenvalue weighted by molar-refractivity contribution is -0.122. The maximum absolute atomic E-state index is 13.8. The third-order valence-electron chi connectivity index (χ3n) is 4.20. The lowest BCUT2D eigenvalue weighted by Crippen LogP contribution is -2.45. The minimum Gasteiger partial charge on any atom is -0.348 e. The first-order valence-corrected chi connectivity index (χ1v) is 8.06. The highest BCUT2D eigenvalue weighted by atomic mass is 19.1. The normalized spacial score (nSPS) is 14.0. The van der Waals surface area contributed by atoms with Gasteiger partial charge in [-0.05, 0) is 13.0 Å². The zero-order valence-electron chi connectivity index (χ0n) is 14.3. The summed E-state index contributed by atoms with van der Waals surface area (Å²) >= 11 is 0. The molecule has 1 atom stereocenters. The fourth-order valence-corrected chi connectivity index (χ4v) is 2.84. The number of benzene rings is 1. The van der Waals surface area contributed by atoms with Gasteiger partial charge in [-0.15, -0.1) is 0 Å². The number of aromatic nitrogens is 1. The predicted octanol–water partition coefficient (Wildman–Crippen LogP) is 2.46. The lowest BCUT2D eigenvalue weighted by Gasteiger charge is -2.29. The van der Waals surface area contributed by atoms with Gasteiger partial charge in [0.25, 0.3) is 0 Å². The maximum atomic E-state index is 13.8. The number of halogens is 2. The molecule has 1 aromatic heterocycles. The van der Waals surface area contributed by atoms with Gasteiger partial charge in [-0.25, -0.2) is 13.6 Å². The molecule has 0 spiro atoms. The van der Waals surface area contributed by atoms with Crippen LogP contribution in [0.5, 0.6) is 0 Å². The van der Waals surface area contributed by atoms with E-state index < -0.39 is 29.6 Å². The quantitative estimate of drug-likeness (QED) is 0.863. The van der Waals surface area contributed by atoms with Crippen molar-refractivity contribution in [2.24, 2.45) is 0 Å². The molecular weight excluding hydrogens is 356 g/mol. The summed E-state index contributed by atoms with van der Waals surface area (Å²) in [5, 5.41) is 14.3. The van der Waals surface area contributed by atoms with Gasteiger partial charge in [-0.3, -0.25) is 9.78 Å². The minimum atomic E-state index is -0.765. The Balaban J connectivity index is 1.69. The van der Waals surface area contributed by atoms with E-state index in [1.807, 2.05) is 6.07 Å². The number of hydrogen-bond donors (Lipinski definition) is 2. The third kappa shape index (κ3) is 3.84. The van der Waals surface area contributed by atoms with Crippen LogP contribution in [-0.2, 0) is 11.3 Å². The second kappa shape index (κ2) is 7.37. The van der Waals surface area contributed by atoms with Crippen molar-refractivity contribution in [3.05, 3.63) is 58.9 Å². The van der Waals surface area contributed by atoms with Gasteiger partial charge in [0.1, 0.15) is 24.2 Å². The van der Waals surface area contributed by atoms with E-state index in [1.165, 1.54) is 23.4 Å². The smallest absolute Gasteiger partial charge is 0.322 e. The Kier molecular flexibility index (Phi) is 4.98. The zero-order valence-corrected chi connectivity index (χ0v) is 14.3. The molecule has 0 bridgehead atoms. The number of amides is 3. The zero-order chi connectivity index (χ0) is 19.6. The molecule has 1 aliphatic rings. The van der Waals surface area contributed by atoms with Crippen molar-refractivity contribution in [1.82, 2.24) is 15.2 Å². The first-order chi connectivity index (χ1) is 12.9. The molecule has 1 aromatic carbocycles. The predicted molar refractivity (Wildman–Crippen MR) is 91.3 cm³/mol. The summed E-state index contributed by atoms with van der Waals surface area (Å²) in [5.41, 5.74) is 1.44. The van der Waals surface area contributed by atoms with Gasteiger partial charge >= 0.3 is 6.03 Å². The van der Waals surface area contributed by atoms with Crippen LogP contribution in [0.1, 0.15) is 29.7 Å². The molecule has 27 heavy (non-hydrogen) atoms. The molecule has 0 saturated heterocycles. The van der Waals surface area contributed by atoms with Crippen molar-refractivity contribution in [3.63, 3.8) is 0 Å². The molecule has 3 amide bonds. The molecule has 2 aromatic rings. The molecule has 0 saturated carbocycles. The van der Waals surface area contributed by atoms with Gasteiger partial charge in [0.2, 0.25) is 5.91 Å². The van der Waals surface area contributed by atoms with Gasteiger partial charge in [-0.2, -0.15) is 5.26 Å². The second-order valence-electron chi connectivity index (χ2n) is 6.07. The maximum Gasteiger partial charge on any atom is 0.322 e. The fraction of sp³-hybridized carbons (Fsp3) is 0.222. The van der Waals surface area contributed by atoms with E-state index in [2.05, 4.69) is 15.6 Å². The molecule has 7 nitrogen and oxygen atoms in total. The molecule has 2 heterocycles. The number of fused-ring (bicyclic) bond motifs is 1. The van der Waals surface area contributed by atoms with E-state index in [9.17, 15) is 18.4 Å². The highest BCUT2D eigenvalue weighted by Crippen LogP contribution is 2.25. The summed E-state index contributed by atoms with van der Waals surface area (Å²) in [4.78, 5) is 29.5. The van der Waals surface area contributed by atoms with Gasteiger partial charge in [0.05, 0.1) is 30.0 Å². The number of anilines is 1. The van der Waals surface area contributed by atoms with Crippen molar-refractivity contribution in [3.8, 4) is 6.07 Å². The first-order valence-electron chi connectivity index (χ1n) is 8.06. The number of nitrogens with zero attached hydrogens (tertiary/aromatic N) is 3. The molecule has 3 rings (SSSR count). The number of urea groups is 1. The van der Waals surface area contributed by atoms with E-state index in [0.717, 1.165) is 12.1 Å². The monoisotopic (exact) mass is 371 g/mol. The van der Waals surface area contributed by atoms with Crippen LogP contribution in [0.25, 0.3) is 0 Å². The van der Waals surface area contributed by atoms with Gasteiger partial charge in [0, 0.05) is 23.4 Å². The molecular formula is C18H15F2N5O2. The van der Waals surface area contributed by atoms with Crippen molar-refractivity contribution in [2.75, 3.05) is 11.9 Å². The van der Waals surface area contributed by atoms with Crippen molar-refractivity contribution < 1.29 is 18.4 Å².